The van der Waals surface area contributed by atoms with Gasteiger partial charge in [0.2, 0.25) is 0 Å². The largest absolute Gasteiger partial charge is 0.444 e. The summed E-state index contributed by atoms with van der Waals surface area (Å²) in [5, 5.41) is 0. The third-order valence-corrected chi connectivity index (χ3v) is 4.18. The van der Waals surface area contributed by atoms with E-state index in [0.29, 0.717) is 24.5 Å². The van der Waals surface area contributed by atoms with Gasteiger partial charge in [-0.3, -0.25) is 4.79 Å². The van der Waals surface area contributed by atoms with Crippen LogP contribution in [0.5, 0.6) is 0 Å². The normalized spacial score (nSPS) is 19.6. The Kier molecular flexibility index (Phi) is 3.76. The maximum absolute atomic E-state index is 12.9. The van der Waals surface area contributed by atoms with Gasteiger partial charge >= 0.3 is 0 Å². The highest BCUT2D eigenvalue weighted by atomic mass is 16.5. The van der Waals surface area contributed by atoms with Gasteiger partial charge in [-0.15, -0.1) is 0 Å². The predicted molar refractivity (Wildman–Crippen MR) is 87.1 cm³/mol. The smallest absolute Gasteiger partial charge is 0.254 e. The van der Waals surface area contributed by atoms with Crippen molar-refractivity contribution in [2.24, 2.45) is 0 Å². The average Bonchev–Trinajstić information content (AvgIpc) is 3.04. The Labute approximate surface area is 136 Å². The van der Waals surface area contributed by atoms with Crippen LogP contribution in [0.3, 0.4) is 0 Å². The quantitative estimate of drug-likeness (QED) is 0.853. The first kappa shape index (κ1) is 15.7. The van der Waals surface area contributed by atoms with E-state index in [1.165, 1.54) is 6.39 Å². The highest BCUT2D eigenvalue weighted by Gasteiger charge is 2.41. The van der Waals surface area contributed by atoms with E-state index in [1.54, 1.807) is 6.20 Å². The van der Waals surface area contributed by atoms with E-state index in [2.05, 4.69) is 4.98 Å². The molecule has 2 heterocycles. The van der Waals surface area contributed by atoms with Gasteiger partial charge in [-0.05, 0) is 39.8 Å². The first-order chi connectivity index (χ1) is 10.8. The number of hydrogen-bond donors (Lipinski definition) is 0. The third kappa shape index (κ3) is 3.15. The molecule has 1 aromatic heterocycles. The molecule has 0 spiro atoms. The van der Waals surface area contributed by atoms with E-state index >= 15 is 0 Å². The fourth-order valence-corrected chi connectivity index (χ4v) is 2.73. The zero-order valence-electron chi connectivity index (χ0n) is 14.0. The number of aromatic nitrogens is 1. The Bertz CT molecular complexity index is 688. The van der Waals surface area contributed by atoms with Gasteiger partial charge < -0.3 is 14.1 Å². The second-order valence-electron chi connectivity index (χ2n) is 7.20. The Balaban J connectivity index is 1.84. The molecule has 0 unspecified atom stereocenters. The molecule has 5 nitrogen and oxygen atoms in total. The molecular weight excluding hydrogens is 292 g/mol. The van der Waals surface area contributed by atoms with Crippen LogP contribution in [-0.2, 0) is 4.74 Å². The summed E-state index contributed by atoms with van der Waals surface area (Å²) in [6.07, 6.45) is 3.05. The minimum absolute atomic E-state index is 0.0236. The lowest BCUT2D eigenvalue weighted by Gasteiger charge is -2.48. The van der Waals surface area contributed by atoms with Crippen molar-refractivity contribution < 1.29 is 13.9 Å². The van der Waals surface area contributed by atoms with E-state index in [4.69, 9.17) is 9.15 Å². The van der Waals surface area contributed by atoms with Gasteiger partial charge in [0.25, 0.3) is 5.91 Å². The number of amides is 1. The molecule has 1 aliphatic heterocycles. The zero-order valence-corrected chi connectivity index (χ0v) is 14.0. The molecule has 1 amide bonds. The van der Waals surface area contributed by atoms with Crippen LogP contribution in [-0.4, -0.2) is 40.1 Å². The van der Waals surface area contributed by atoms with Gasteiger partial charge in [0.15, 0.2) is 12.2 Å². The molecule has 1 aliphatic rings. The van der Waals surface area contributed by atoms with Crippen molar-refractivity contribution >= 4 is 5.91 Å². The molecule has 1 saturated heterocycles. The number of rotatable bonds is 2. The summed E-state index contributed by atoms with van der Waals surface area (Å²) in [6, 6.07) is 7.43. The van der Waals surface area contributed by atoms with Crippen molar-refractivity contribution in [2.45, 2.75) is 38.8 Å². The van der Waals surface area contributed by atoms with Crippen LogP contribution in [0.15, 0.2) is 41.3 Å². The lowest BCUT2D eigenvalue weighted by atomic mass is 9.95. The standard InChI is InChI=1S/C18H22N2O3/c1-17(2)11-23-18(3,4)10-20(17)16(21)14-7-5-13(6-8-14)15-9-19-12-22-15/h5-9,12H,10-11H2,1-4H3. The van der Waals surface area contributed by atoms with Gasteiger partial charge in [-0.25, -0.2) is 4.98 Å². The van der Waals surface area contributed by atoms with Crippen molar-refractivity contribution in [3.05, 3.63) is 42.4 Å². The van der Waals surface area contributed by atoms with Crippen molar-refractivity contribution in [3.63, 3.8) is 0 Å². The number of carbonyl (C=O) groups is 1. The van der Waals surface area contributed by atoms with Crippen LogP contribution in [0.25, 0.3) is 11.3 Å². The van der Waals surface area contributed by atoms with Crippen molar-refractivity contribution in [3.8, 4) is 11.3 Å². The number of nitrogens with zero attached hydrogens (tertiary/aromatic N) is 2. The minimum Gasteiger partial charge on any atom is -0.444 e. The molecule has 1 aromatic carbocycles. The molecular formula is C18H22N2O3. The molecule has 0 aliphatic carbocycles. The summed E-state index contributed by atoms with van der Waals surface area (Å²) in [4.78, 5) is 18.7. The van der Waals surface area contributed by atoms with E-state index in [9.17, 15) is 4.79 Å². The zero-order chi connectivity index (χ0) is 16.7. The van der Waals surface area contributed by atoms with E-state index < -0.39 is 0 Å². The second kappa shape index (κ2) is 5.49. The van der Waals surface area contributed by atoms with E-state index in [1.807, 2.05) is 56.9 Å². The maximum Gasteiger partial charge on any atom is 0.254 e. The first-order valence-corrected chi connectivity index (χ1v) is 7.73. The molecule has 1 fully saturated rings. The van der Waals surface area contributed by atoms with Crippen LogP contribution < -0.4 is 0 Å². The summed E-state index contributed by atoms with van der Waals surface area (Å²) in [7, 11) is 0. The van der Waals surface area contributed by atoms with Crippen LogP contribution in [0.1, 0.15) is 38.1 Å². The Morgan fingerprint density at radius 2 is 1.87 bits per heavy atom. The Hall–Kier alpha value is -2.14. The maximum atomic E-state index is 12.9. The van der Waals surface area contributed by atoms with Crippen LogP contribution >= 0.6 is 0 Å². The fourth-order valence-electron chi connectivity index (χ4n) is 2.73. The SMILES string of the molecule is CC1(C)CN(C(=O)c2ccc(-c3cnco3)cc2)C(C)(C)CO1. The third-order valence-electron chi connectivity index (χ3n) is 4.18. The number of oxazole rings is 1. The average molecular weight is 314 g/mol. The van der Waals surface area contributed by atoms with Gasteiger partial charge in [-0.1, -0.05) is 12.1 Å². The number of morpholine rings is 1. The van der Waals surface area contributed by atoms with Crippen LogP contribution in [0.2, 0.25) is 0 Å². The topological polar surface area (TPSA) is 55.6 Å². The summed E-state index contributed by atoms with van der Waals surface area (Å²) >= 11 is 0. The van der Waals surface area contributed by atoms with Crippen molar-refractivity contribution in [1.29, 1.82) is 0 Å². The molecule has 122 valence electrons. The second-order valence-corrected chi connectivity index (χ2v) is 7.20. The molecule has 0 saturated carbocycles. The predicted octanol–water partition coefficient (Wildman–Crippen LogP) is 3.37. The van der Waals surface area contributed by atoms with E-state index in [0.717, 1.165) is 5.56 Å². The summed E-state index contributed by atoms with van der Waals surface area (Å²) < 4.78 is 11.1. The summed E-state index contributed by atoms with van der Waals surface area (Å²) in [5.41, 5.74) is 0.918. The lowest BCUT2D eigenvalue weighted by molar-refractivity contribution is -0.128. The van der Waals surface area contributed by atoms with Crippen LogP contribution in [0.4, 0.5) is 0 Å². The van der Waals surface area contributed by atoms with Crippen molar-refractivity contribution in [1.82, 2.24) is 9.88 Å². The van der Waals surface area contributed by atoms with Gasteiger partial charge in [0.1, 0.15) is 0 Å². The molecule has 0 radical (unpaired) electrons. The highest BCUT2D eigenvalue weighted by Crippen LogP contribution is 2.29. The van der Waals surface area contributed by atoms with Gasteiger partial charge in [0, 0.05) is 11.1 Å². The molecule has 2 aromatic rings. The number of carbonyl (C=O) groups excluding carboxylic acids is 1. The molecule has 0 atom stereocenters. The summed E-state index contributed by atoms with van der Waals surface area (Å²) in [5.74, 6) is 0.715. The first-order valence-electron chi connectivity index (χ1n) is 7.73. The molecule has 23 heavy (non-hydrogen) atoms. The number of hydrogen-bond acceptors (Lipinski definition) is 4. The Morgan fingerprint density at radius 1 is 1.17 bits per heavy atom. The van der Waals surface area contributed by atoms with Crippen LogP contribution in [0, 0.1) is 0 Å². The van der Waals surface area contributed by atoms with Crippen molar-refractivity contribution in [2.75, 3.05) is 13.2 Å². The van der Waals surface area contributed by atoms with E-state index in [-0.39, 0.29) is 17.0 Å². The minimum atomic E-state index is -0.328. The molecule has 3 rings (SSSR count). The number of benzene rings is 1. The molecule has 0 N–H and O–H groups in total. The number of ether oxygens (including phenoxy) is 1. The fraction of sp³-hybridized carbons (Fsp3) is 0.444. The van der Waals surface area contributed by atoms with Gasteiger partial charge in [0.05, 0.1) is 30.5 Å². The van der Waals surface area contributed by atoms with Gasteiger partial charge in [-0.2, -0.15) is 0 Å². The monoisotopic (exact) mass is 314 g/mol. The lowest BCUT2D eigenvalue weighted by Crippen LogP contribution is -2.61. The molecule has 0 bridgehead atoms. The highest BCUT2D eigenvalue weighted by molar-refractivity contribution is 5.95. The Morgan fingerprint density at radius 3 is 2.48 bits per heavy atom. The molecule has 5 heteroatoms. The summed E-state index contributed by atoms with van der Waals surface area (Å²) in [6.45, 7) is 9.18.